The molecule has 0 unspecified atom stereocenters. The van der Waals surface area contributed by atoms with E-state index in [1.54, 1.807) is 4.40 Å². The summed E-state index contributed by atoms with van der Waals surface area (Å²) in [5.74, 6) is 0. The second-order valence-electron chi connectivity index (χ2n) is 5.65. The third kappa shape index (κ3) is 2.40. The van der Waals surface area contributed by atoms with E-state index in [9.17, 15) is 4.79 Å². The normalized spacial score (nSPS) is 12.6. The Kier molecular flexibility index (Phi) is 3.36. The number of thiazole rings is 1. The van der Waals surface area contributed by atoms with E-state index in [1.807, 2.05) is 50.3 Å². The maximum atomic E-state index is 12.8. The molecule has 0 saturated carbocycles. The molecule has 4 rings (SSSR count). The molecule has 5 heteroatoms. The number of aryl methyl sites for hydroxylation is 2. The third-order valence-electron chi connectivity index (χ3n) is 3.85. The number of hydrogen-bond acceptors (Lipinski definition) is 3. The second-order valence-corrected chi connectivity index (χ2v) is 7.57. The molecule has 0 radical (unpaired) electrons. The molecule has 0 aliphatic carbocycles. The Labute approximate surface area is 145 Å². The Morgan fingerprint density at radius 1 is 1.17 bits per heavy atom. The Morgan fingerprint density at radius 3 is 2.65 bits per heavy atom. The minimum absolute atomic E-state index is 0.000388. The average Bonchev–Trinajstić information content (AvgIpc) is 3.00. The summed E-state index contributed by atoms with van der Waals surface area (Å²) in [5.41, 5.74) is 5.06. The highest BCUT2D eigenvalue weighted by molar-refractivity contribution is 9.10. The van der Waals surface area contributed by atoms with Gasteiger partial charge in [-0.1, -0.05) is 45.5 Å². The van der Waals surface area contributed by atoms with Crippen molar-refractivity contribution >= 4 is 49.3 Å². The number of hydrogen-bond donors (Lipinski definition) is 0. The maximum absolute atomic E-state index is 12.8. The third-order valence-corrected chi connectivity index (χ3v) is 5.34. The summed E-state index contributed by atoms with van der Waals surface area (Å²) in [6, 6.07) is 12.0. The largest absolute Gasteiger partial charge is 0.274 e. The van der Waals surface area contributed by atoms with Gasteiger partial charge < -0.3 is 0 Å². The number of aromatic nitrogens is 2. The van der Waals surface area contributed by atoms with E-state index in [0.717, 1.165) is 37.2 Å². The lowest BCUT2D eigenvalue weighted by Gasteiger charge is -1.97. The maximum Gasteiger partial charge on any atom is 0.274 e. The molecule has 4 aromatic rings. The number of benzene rings is 2. The van der Waals surface area contributed by atoms with Crippen molar-refractivity contribution in [1.29, 1.82) is 0 Å². The topological polar surface area (TPSA) is 34.4 Å². The summed E-state index contributed by atoms with van der Waals surface area (Å²) in [7, 11) is 0. The minimum Gasteiger partial charge on any atom is -0.267 e. The molecular weight excluding hydrogens is 372 g/mol. The summed E-state index contributed by atoms with van der Waals surface area (Å²) in [6.07, 6.45) is 1.92. The fourth-order valence-corrected chi connectivity index (χ4v) is 4.06. The number of rotatable bonds is 1. The van der Waals surface area contributed by atoms with Crippen LogP contribution in [0, 0.1) is 13.8 Å². The van der Waals surface area contributed by atoms with E-state index in [0.29, 0.717) is 4.53 Å². The van der Waals surface area contributed by atoms with Crippen LogP contribution in [-0.4, -0.2) is 9.38 Å². The molecule has 0 saturated heterocycles. The van der Waals surface area contributed by atoms with Crippen LogP contribution < -0.4 is 10.1 Å². The van der Waals surface area contributed by atoms with E-state index in [2.05, 4.69) is 27.0 Å². The summed E-state index contributed by atoms with van der Waals surface area (Å²) in [4.78, 5) is 18.2. The summed E-state index contributed by atoms with van der Waals surface area (Å²) in [6.45, 7) is 4.07. The molecule has 0 spiro atoms. The van der Waals surface area contributed by atoms with Crippen LogP contribution >= 0.6 is 27.3 Å². The lowest BCUT2D eigenvalue weighted by atomic mass is 10.1. The van der Waals surface area contributed by atoms with Gasteiger partial charge in [0.15, 0.2) is 4.96 Å². The Bertz CT molecular complexity index is 1160. The molecule has 0 bridgehead atoms. The summed E-state index contributed by atoms with van der Waals surface area (Å²) < 4.78 is 3.45. The predicted octanol–water partition coefficient (Wildman–Crippen LogP) is 3.84. The Balaban J connectivity index is 2.02. The fraction of sp³-hybridized carbons (Fsp3) is 0.111. The van der Waals surface area contributed by atoms with Gasteiger partial charge in [-0.2, -0.15) is 0 Å². The Morgan fingerprint density at radius 2 is 1.91 bits per heavy atom. The molecule has 2 heterocycles. The summed E-state index contributed by atoms with van der Waals surface area (Å²) in [5, 5.41) is 0. The van der Waals surface area contributed by atoms with Gasteiger partial charge in [-0.3, -0.25) is 4.79 Å². The first-order chi connectivity index (χ1) is 11.0. The molecule has 0 N–H and O–H groups in total. The first-order valence-electron chi connectivity index (χ1n) is 7.22. The van der Waals surface area contributed by atoms with Gasteiger partial charge in [-0.25, -0.2) is 9.38 Å². The van der Waals surface area contributed by atoms with Crippen LogP contribution in [0.25, 0.3) is 22.1 Å². The van der Waals surface area contributed by atoms with Crippen molar-refractivity contribution in [1.82, 2.24) is 9.38 Å². The first kappa shape index (κ1) is 14.6. The smallest absolute Gasteiger partial charge is 0.267 e. The van der Waals surface area contributed by atoms with Crippen LogP contribution in [0.4, 0.5) is 0 Å². The van der Waals surface area contributed by atoms with Gasteiger partial charge in [0.1, 0.15) is 0 Å². The van der Waals surface area contributed by atoms with Crippen molar-refractivity contribution in [2.75, 3.05) is 0 Å². The van der Waals surface area contributed by atoms with Crippen molar-refractivity contribution in [3.63, 3.8) is 0 Å². The van der Waals surface area contributed by atoms with Crippen molar-refractivity contribution in [3.05, 3.63) is 72.4 Å². The minimum atomic E-state index is 0.000388. The van der Waals surface area contributed by atoms with Crippen molar-refractivity contribution in [2.45, 2.75) is 13.8 Å². The molecule has 0 fully saturated rings. The molecule has 0 aliphatic heterocycles. The standard InChI is InChI=1S/C18H13BrN2OS/c1-10-7-11(2)16-14(8-10)21-17(22)15(23-18(21)20-16)9-12-3-5-13(19)6-4-12/h3-9H,1-2H3/b15-9+. The molecule has 0 amide bonds. The van der Waals surface area contributed by atoms with E-state index in [4.69, 9.17) is 0 Å². The van der Waals surface area contributed by atoms with E-state index in [1.165, 1.54) is 11.3 Å². The Hall–Kier alpha value is -1.98. The molecule has 0 atom stereocenters. The van der Waals surface area contributed by atoms with Gasteiger partial charge in [0.05, 0.1) is 15.6 Å². The molecule has 114 valence electrons. The number of halogens is 1. The van der Waals surface area contributed by atoms with Gasteiger partial charge in [-0.05, 0) is 54.8 Å². The lowest BCUT2D eigenvalue weighted by Crippen LogP contribution is -2.22. The van der Waals surface area contributed by atoms with E-state index >= 15 is 0 Å². The number of nitrogens with zero attached hydrogens (tertiary/aromatic N) is 2. The quantitative estimate of drug-likeness (QED) is 0.499. The highest BCUT2D eigenvalue weighted by atomic mass is 79.9. The van der Waals surface area contributed by atoms with Gasteiger partial charge >= 0.3 is 0 Å². The number of imidazole rings is 1. The second kappa shape index (κ2) is 5.28. The zero-order chi connectivity index (χ0) is 16.1. The van der Waals surface area contributed by atoms with Gasteiger partial charge in [0, 0.05) is 4.47 Å². The fourth-order valence-electron chi connectivity index (χ4n) is 2.82. The molecular formula is C18H13BrN2OS. The van der Waals surface area contributed by atoms with Gasteiger partial charge in [0.25, 0.3) is 5.56 Å². The average molecular weight is 385 g/mol. The predicted molar refractivity (Wildman–Crippen MR) is 99.2 cm³/mol. The van der Waals surface area contributed by atoms with E-state index in [-0.39, 0.29) is 5.56 Å². The van der Waals surface area contributed by atoms with Crippen molar-refractivity contribution in [3.8, 4) is 0 Å². The highest BCUT2D eigenvalue weighted by Crippen LogP contribution is 2.21. The van der Waals surface area contributed by atoms with Gasteiger partial charge in [0.2, 0.25) is 0 Å². The van der Waals surface area contributed by atoms with Crippen LogP contribution in [0.3, 0.4) is 0 Å². The van der Waals surface area contributed by atoms with Crippen LogP contribution in [0.2, 0.25) is 0 Å². The van der Waals surface area contributed by atoms with Crippen LogP contribution in [0.15, 0.2) is 45.7 Å². The van der Waals surface area contributed by atoms with Crippen LogP contribution in [0.5, 0.6) is 0 Å². The first-order valence-corrected chi connectivity index (χ1v) is 8.83. The molecule has 2 aromatic carbocycles. The SMILES string of the molecule is Cc1cc(C)c2nc3s/c(=C/c4ccc(Br)cc4)c(=O)n3c2c1. The molecule has 2 aromatic heterocycles. The zero-order valence-electron chi connectivity index (χ0n) is 12.6. The van der Waals surface area contributed by atoms with Gasteiger partial charge in [-0.15, -0.1) is 0 Å². The molecule has 0 aliphatic rings. The molecule has 3 nitrogen and oxygen atoms in total. The highest BCUT2D eigenvalue weighted by Gasteiger charge is 2.13. The summed E-state index contributed by atoms with van der Waals surface area (Å²) >= 11 is 4.86. The van der Waals surface area contributed by atoms with Crippen molar-refractivity contribution in [2.24, 2.45) is 0 Å². The van der Waals surface area contributed by atoms with Crippen LogP contribution in [-0.2, 0) is 0 Å². The zero-order valence-corrected chi connectivity index (χ0v) is 15.0. The molecule has 23 heavy (non-hydrogen) atoms. The monoisotopic (exact) mass is 384 g/mol. The van der Waals surface area contributed by atoms with Crippen molar-refractivity contribution < 1.29 is 0 Å². The van der Waals surface area contributed by atoms with Crippen LogP contribution in [0.1, 0.15) is 16.7 Å². The van der Waals surface area contributed by atoms with E-state index < -0.39 is 0 Å². The number of fused-ring (bicyclic) bond motifs is 3. The lowest BCUT2D eigenvalue weighted by molar-refractivity contribution is 1.18.